The van der Waals surface area contributed by atoms with Gasteiger partial charge < -0.3 is 4.90 Å². The maximum absolute atomic E-state index is 5.88. The number of rotatable bonds is 2. The number of hydrogen-bond donors (Lipinski definition) is 0. The van der Waals surface area contributed by atoms with Gasteiger partial charge >= 0.3 is 0 Å². The molecule has 0 spiro atoms. The van der Waals surface area contributed by atoms with Crippen LogP contribution < -0.4 is 4.90 Å². The van der Waals surface area contributed by atoms with Gasteiger partial charge in [0.05, 0.1) is 5.52 Å². The Kier molecular flexibility index (Phi) is 2.73. The largest absolute Gasteiger partial charge is 0.359 e. The highest BCUT2D eigenvalue weighted by molar-refractivity contribution is 6.28. The average molecular weight is 222 g/mol. The van der Waals surface area contributed by atoms with Gasteiger partial charge in [-0.2, -0.15) is 4.98 Å². The molecule has 0 saturated heterocycles. The molecule has 1 aromatic heterocycles. The molecule has 0 aliphatic carbocycles. The van der Waals surface area contributed by atoms with E-state index in [2.05, 4.69) is 21.8 Å². The van der Waals surface area contributed by atoms with Gasteiger partial charge in [0.25, 0.3) is 0 Å². The molecule has 0 fully saturated rings. The minimum absolute atomic E-state index is 0.295. The summed E-state index contributed by atoms with van der Waals surface area (Å²) < 4.78 is 0. The molecule has 4 heteroatoms. The van der Waals surface area contributed by atoms with Crippen LogP contribution >= 0.6 is 11.6 Å². The molecule has 1 heterocycles. The van der Waals surface area contributed by atoms with Crippen LogP contribution in [0.5, 0.6) is 0 Å². The third-order valence-corrected chi connectivity index (χ3v) is 2.56. The minimum Gasteiger partial charge on any atom is -0.359 e. The summed E-state index contributed by atoms with van der Waals surface area (Å²) in [5.74, 6) is 0.883. The Morgan fingerprint density at radius 2 is 2.00 bits per heavy atom. The summed E-state index contributed by atoms with van der Waals surface area (Å²) in [7, 11) is 1.99. The molecular weight excluding hydrogens is 210 g/mol. The first-order valence-corrected chi connectivity index (χ1v) is 5.23. The average Bonchev–Trinajstić information content (AvgIpc) is 2.26. The van der Waals surface area contributed by atoms with Gasteiger partial charge in [0, 0.05) is 19.0 Å². The van der Waals surface area contributed by atoms with Crippen LogP contribution in [0.4, 0.5) is 5.82 Å². The molecule has 0 N–H and O–H groups in total. The van der Waals surface area contributed by atoms with Crippen LogP contribution in [-0.2, 0) is 0 Å². The monoisotopic (exact) mass is 221 g/mol. The van der Waals surface area contributed by atoms with Gasteiger partial charge in [-0.25, -0.2) is 4.98 Å². The van der Waals surface area contributed by atoms with Gasteiger partial charge in [-0.1, -0.05) is 12.1 Å². The van der Waals surface area contributed by atoms with Crippen molar-refractivity contribution in [3.63, 3.8) is 0 Å². The fourth-order valence-electron chi connectivity index (χ4n) is 1.47. The van der Waals surface area contributed by atoms with Crippen LogP contribution in [0.2, 0.25) is 5.28 Å². The fourth-order valence-corrected chi connectivity index (χ4v) is 1.64. The van der Waals surface area contributed by atoms with E-state index in [9.17, 15) is 0 Å². The van der Waals surface area contributed by atoms with E-state index in [1.807, 2.05) is 31.3 Å². The van der Waals surface area contributed by atoms with Gasteiger partial charge in [0.15, 0.2) is 0 Å². The summed E-state index contributed by atoms with van der Waals surface area (Å²) in [5, 5.41) is 1.33. The SMILES string of the molecule is CCN(C)c1nc(Cl)nc2ccccc12. The van der Waals surface area contributed by atoms with E-state index in [0.717, 1.165) is 23.3 Å². The number of halogens is 1. The van der Waals surface area contributed by atoms with Gasteiger partial charge in [-0.05, 0) is 30.7 Å². The molecule has 0 aliphatic heterocycles. The van der Waals surface area contributed by atoms with Crippen LogP contribution in [0, 0.1) is 0 Å². The summed E-state index contributed by atoms with van der Waals surface area (Å²) in [6, 6.07) is 7.87. The first-order chi connectivity index (χ1) is 7.22. The van der Waals surface area contributed by atoms with Gasteiger partial charge in [0.2, 0.25) is 5.28 Å². The molecule has 0 unspecified atom stereocenters. The number of anilines is 1. The van der Waals surface area contributed by atoms with Gasteiger partial charge in [-0.3, -0.25) is 0 Å². The van der Waals surface area contributed by atoms with Crippen molar-refractivity contribution in [3.8, 4) is 0 Å². The van der Waals surface area contributed by atoms with Crippen LogP contribution in [0.25, 0.3) is 10.9 Å². The van der Waals surface area contributed by atoms with E-state index in [4.69, 9.17) is 11.6 Å². The van der Waals surface area contributed by atoms with Crippen molar-refractivity contribution in [2.24, 2.45) is 0 Å². The number of benzene rings is 1. The molecule has 78 valence electrons. The Hall–Kier alpha value is -1.35. The highest BCUT2D eigenvalue weighted by Crippen LogP contribution is 2.23. The summed E-state index contributed by atoms with van der Waals surface area (Å²) in [5.41, 5.74) is 0.882. The predicted octanol–water partition coefficient (Wildman–Crippen LogP) is 2.74. The Labute approximate surface area is 93.7 Å². The number of fused-ring (bicyclic) bond motifs is 1. The van der Waals surface area contributed by atoms with Crippen molar-refractivity contribution < 1.29 is 0 Å². The lowest BCUT2D eigenvalue weighted by molar-refractivity contribution is 0.940. The molecule has 0 radical (unpaired) electrons. The van der Waals surface area contributed by atoms with Crippen LogP contribution in [0.3, 0.4) is 0 Å². The lowest BCUT2D eigenvalue weighted by atomic mass is 10.2. The topological polar surface area (TPSA) is 29.0 Å². The van der Waals surface area contributed by atoms with Crippen molar-refractivity contribution in [1.29, 1.82) is 0 Å². The smallest absolute Gasteiger partial charge is 0.224 e. The number of hydrogen-bond acceptors (Lipinski definition) is 3. The zero-order chi connectivity index (χ0) is 10.8. The maximum atomic E-state index is 5.88. The fraction of sp³-hybridized carbons (Fsp3) is 0.273. The van der Waals surface area contributed by atoms with Crippen LogP contribution in [0.15, 0.2) is 24.3 Å². The Morgan fingerprint density at radius 3 is 2.73 bits per heavy atom. The number of aromatic nitrogens is 2. The standard InChI is InChI=1S/C11H12ClN3/c1-3-15(2)10-8-6-4-5-7-9(8)13-11(12)14-10/h4-7H,3H2,1-2H3. The molecule has 0 saturated carbocycles. The normalized spacial score (nSPS) is 10.6. The number of nitrogens with zero attached hydrogens (tertiary/aromatic N) is 3. The molecule has 2 rings (SSSR count). The summed E-state index contributed by atoms with van der Waals surface area (Å²) in [4.78, 5) is 10.5. The van der Waals surface area contributed by atoms with Crippen molar-refractivity contribution >= 4 is 28.3 Å². The molecule has 0 aliphatic rings. The summed E-state index contributed by atoms with van der Waals surface area (Å²) in [6.07, 6.45) is 0. The molecule has 0 amide bonds. The molecular formula is C11H12ClN3. The van der Waals surface area contributed by atoms with Gasteiger partial charge in [0.1, 0.15) is 5.82 Å². The van der Waals surface area contributed by atoms with E-state index in [-0.39, 0.29) is 0 Å². The Bertz CT molecular complexity index is 484. The third kappa shape index (κ3) is 1.88. The molecule has 1 aromatic carbocycles. The zero-order valence-electron chi connectivity index (χ0n) is 8.74. The van der Waals surface area contributed by atoms with Crippen molar-refractivity contribution in [2.75, 3.05) is 18.5 Å². The van der Waals surface area contributed by atoms with Gasteiger partial charge in [-0.15, -0.1) is 0 Å². The molecule has 3 nitrogen and oxygen atoms in total. The predicted molar refractivity (Wildman–Crippen MR) is 63.5 cm³/mol. The maximum Gasteiger partial charge on any atom is 0.224 e. The second-order valence-electron chi connectivity index (χ2n) is 3.35. The van der Waals surface area contributed by atoms with Crippen molar-refractivity contribution in [2.45, 2.75) is 6.92 Å². The third-order valence-electron chi connectivity index (χ3n) is 2.39. The van der Waals surface area contributed by atoms with E-state index < -0.39 is 0 Å². The molecule has 0 atom stereocenters. The Morgan fingerprint density at radius 1 is 1.27 bits per heavy atom. The van der Waals surface area contributed by atoms with Crippen molar-refractivity contribution in [1.82, 2.24) is 9.97 Å². The second kappa shape index (κ2) is 4.03. The van der Waals surface area contributed by atoms with E-state index in [1.165, 1.54) is 0 Å². The lowest BCUT2D eigenvalue weighted by Crippen LogP contribution is -2.17. The number of para-hydroxylation sites is 1. The summed E-state index contributed by atoms with van der Waals surface area (Å²) in [6.45, 7) is 2.96. The Balaban J connectivity index is 2.71. The van der Waals surface area contributed by atoms with E-state index >= 15 is 0 Å². The van der Waals surface area contributed by atoms with E-state index in [0.29, 0.717) is 5.28 Å². The quantitative estimate of drug-likeness (QED) is 0.731. The molecule has 2 aromatic rings. The zero-order valence-corrected chi connectivity index (χ0v) is 9.49. The lowest BCUT2D eigenvalue weighted by Gasteiger charge is -2.17. The van der Waals surface area contributed by atoms with Crippen molar-refractivity contribution in [3.05, 3.63) is 29.5 Å². The summed E-state index contributed by atoms with van der Waals surface area (Å²) >= 11 is 5.88. The molecule has 15 heavy (non-hydrogen) atoms. The highest BCUT2D eigenvalue weighted by Gasteiger charge is 2.08. The molecule has 0 bridgehead atoms. The highest BCUT2D eigenvalue weighted by atomic mass is 35.5. The second-order valence-corrected chi connectivity index (χ2v) is 3.69. The van der Waals surface area contributed by atoms with Crippen LogP contribution in [-0.4, -0.2) is 23.6 Å². The first-order valence-electron chi connectivity index (χ1n) is 4.85. The van der Waals surface area contributed by atoms with Crippen LogP contribution in [0.1, 0.15) is 6.92 Å². The minimum atomic E-state index is 0.295. The first kappa shape index (κ1) is 10.2. The van der Waals surface area contributed by atoms with E-state index in [1.54, 1.807) is 0 Å².